The third-order valence-corrected chi connectivity index (χ3v) is 3.68. The second kappa shape index (κ2) is 6.08. The van der Waals surface area contributed by atoms with Crippen molar-refractivity contribution < 1.29 is 4.74 Å². The lowest BCUT2D eigenvalue weighted by molar-refractivity contribution is 0.410. The van der Waals surface area contributed by atoms with E-state index in [0.717, 1.165) is 11.3 Å². The van der Waals surface area contributed by atoms with Gasteiger partial charge in [0.1, 0.15) is 28.2 Å². The van der Waals surface area contributed by atoms with E-state index in [1.165, 1.54) is 6.33 Å². The summed E-state index contributed by atoms with van der Waals surface area (Å²) in [5.41, 5.74) is 6.54. The number of anilines is 2. The molecule has 0 fully saturated rings. The Bertz CT molecular complexity index is 594. The first kappa shape index (κ1) is 13.9. The second-order valence-corrected chi connectivity index (χ2v) is 4.90. The zero-order valence-electron chi connectivity index (χ0n) is 10.2. The van der Waals surface area contributed by atoms with Crippen LogP contribution in [-0.2, 0) is 6.54 Å². The first-order valence-corrected chi connectivity index (χ1v) is 6.61. The van der Waals surface area contributed by atoms with Crippen LogP contribution in [0, 0.1) is 0 Å². The highest BCUT2D eigenvalue weighted by atomic mass is 79.9. The minimum Gasteiger partial charge on any atom is -0.496 e. The van der Waals surface area contributed by atoms with E-state index in [2.05, 4.69) is 31.2 Å². The summed E-state index contributed by atoms with van der Waals surface area (Å²) in [5, 5.41) is 3.77. The first-order chi connectivity index (χ1) is 9.13. The van der Waals surface area contributed by atoms with Gasteiger partial charge in [-0.05, 0) is 28.1 Å². The fourth-order valence-corrected chi connectivity index (χ4v) is 2.16. The zero-order valence-corrected chi connectivity index (χ0v) is 12.5. The third-order valence-electron chi connectivity index (χ3n) is 2.54. The van der Waals surface area contributed by atoms with Crippen LogP contribution in [-0.4, -0.2) is 17.1 Å². The molecule has 19 heavy (non-hydrogen) atoms. The lowest BCUT2D eigenvalue weighted by atomic mass is 10.2. The molecule has 0 radical (unpaired) electrons. The Balaban J connectivity index is 2.21. The molecule has 100 valence electrons. The SMILES string of the molecule is COc1cccc(Cl)c1CNc1ncnc(N)c1Br. The summed E-state index contributed by atoms with van der Waals surface area (Å²) >= 11 is 9.49. The Hall–Kier alpha value is -1.53. The van der Waals surface area contributed by atoms with Gasteiger partial charge in [0.15, 0.2) is 0 Å². The number of hydrogen-bond acceptors (Lipinski definition) is 5. The van der Waals surface area contributed by atoms with Crippen molar-refractivity contribution in [2.45, 2.75) is 6.54 Å². The maximum atomic E-state index is 6.16. The van der Waals surface area contributed by atoms with Gasteiger partial charge in [0.05, 0.1) is 7.11 Å². The average Bonchev–Trinajstić information content (AvgIpc) is 2.41. The molecule has 0 saturated carbocycles. The molecule has 0 aliphatic rings. The molecule has 0 saturated heterocycles. The Labute approximate surface area is 124 Å². The van der Waals surface area contributed by atoms with Crippen molar-refractivity contribution >= 4 is 39.2 Å². The van der Waals surface area contributed by atoms with E-state index < -0.39 is 0 Å². The molecule has 0 spiro atoms. The van der Waals surface area contributed by atoms with Gasteiger partial charge in [0.2, 0.25) is 0 Å². The standard InChI is InChI=1S/C12H12BrClN4O/c1-19-9-4-2-3-8(14)7(9)5-16-12-10(13)11(15)17-6-18-12/h2-4,6H,5H2,1H3,(H3,15,16,17,18). The summed E-state index contributed by atoms with van der Waals surface area (Å²) in [6.45, 7) is 0.470. The number of aromatic nitrogens is 2. The van der Waals surface area contributed by atoms with Gasteiger partial charge in [-0.2, -0.15) is 0 Å². The van der Waals surface area contributed by atoms with Gasteiger partial charge in [-0.3, -0.25) is 0 Å². The molecule has 2 aromatic rings. The number of ether oxygens (including phenoxy) is 1. The fourth-order valence-electron chi connectivity index (χ4n) is 1.58. The average molecular weight is 344 g/mol. The first-order valence-electron chi connectivity index (χ1n) is 5.44. The summed E-state index contributed by atoms with van der Waals surface area (Å²) in [4.78, 5) is 7.98. The number of nitrogens with one attached hydrogen (secondary N) is 1. The highest BCUT2D eigenvalue weighted by Crippen LogP contribution is 2.29. The Morgan fingerprint density at radius 3 is 2.95 bits per heavy atom. The Morgan fingerprint density at radius 1 is 1.42 bits per heavy atom. The van der Waals surface area contributed by atoms with E-state index in [-0.39, 0.29) is 0 Å². The molecule has 0 aliphatic carbocycles. The van der Waals surface area contributed by atoms with E-state index >= 15 is 0 Å². The quantitative estimate of drug-likeness (QED) is 0.892. The molecule has 0 aliphatic heterocycles. The number of rotatable bonds is 4. The van der Waals surface area contributed by atoms with E-state index in [1.54, 1.807) is 7.11 Å². The van der Waals surface area contributed by atoms with Crippen LogP contribution in [0.5, 0.6) is 5.75 Å². The molecule has 3 N–H and O–H groups in total. The van der Waals surface area contributed by atoms with Crippen molar-refractivity contribution in [3.8, 4) is 5.75 Å². The predicted molar refractivity (Wildman–Crippen MR) is 79.5 cm³/mol. The lowest BCUT2D eigenvalue weighted by Gasteiger charge is -2.12. The van der Waals surface area contributed by atoms with E-state index in [4.69, 9.17) is 22.1 Å². The lowest BCUT2D eigenvalue weighted by Crippen LogP contribution is -2.06. The topological polar surface area (TPSA) is 73.1 Å². The van der Waals surface area contributed by atoms with Crippen molar-refractivity contribution in [2.75, 3.05) is 18.2 Å². The fraction of sp³-hybridized carbons (Fsp3) is 0.167. The number of hydrogen-bond donors (Lipinski definition) is 2. The molecular weight excluding hydrogens is 332 g/mol. The molecule has 1 heterocycles. The summed E-state index contributed by atoms with van der Waals surface area (Å²) in [5.74, 6) is 1.70. The maximum Gasteiger partial charge on any atom is 0.146 e. The molecule has 1 aromatic carbocycles. The van der Waals surface area contributed by atoms with Gasteiger partial charge in [0, 0.05) is 17.1 Å². The molecule has 0 atom stereocenters. The second-order valence-electron chi connectivity index (χ2n) is 3.70. The molecule has 0 bridgehead atoms. The van der Waals surface area contributed by atoms with Gasteiger partial charge in [0.25, 0.3) is 0 Å². The molecule has 7 heteroatoms. The summed E-state index contributed by atoms with van der Waals surface area (Å²) < 4.78 is 5.90. The number of nitrogen functional groups attached to an aromatic ring is 1. The zero-order chi connectivity index (χ0) is 13.8. The minimum absolute atomic E-state index is 0.378. The van der Waals surface area contributed by atoms with Crippen molar-refractivity contribution in [3.05, 3.63) is 39.6 Å². The number of halogens is 2. The number of benzene rings is 1. The number of nitrogens with zero attached hydrogens (tertiary/aromatic N) is 2. The monoisotopic (exact) mass is 342 g/mol. The van der Waals surface area contributed by atoms with Gasteiger partial charge < -0.3 is 15.8 Å². The normalized spacial score (nSPS) is 10.3. The van der Waals surface area contributed by atoms with Crippen LogP contribution in [0.1, 0.15) is 5.56 Å². The minimum atomic E-state index is 0.378. The third kappa shape index (κ3) is 3.08. The highest BCUT2D eigenvalue weighted by molar-refractivity contribution is 9.10. The van der Waals surface area contributed by atoms with Crippen LogP contribution < -0.4 is 15.8 Å². The summed E-state index contributed by atoms with van der Waals surface area (Å²) in [6, 6.07) is 5.50. The molecule has 2 rings (SSSR count). The molecule has 1 aromatic heterocycles. The largest absolute Gasteiger partial charge is 0.496 e. The van der Waals surface area contributed by atoms with E-state index in [1.807, 2.05) is 18.2 Å². The van der Waals surface area contributed by atoms with E-state index in [9.17, 15) is 0 Å². The number of nitrogens with two attached hydrogens (primary N) is 1. The number of methoxy groups -OCH3 is 1. The molecule has 0 amide bonds. The smallest absolute Gasteiger partial charge is 0.146 e. The van der Waals surface area contributed by atoms with E-state index in [0.29, 0.717) is 27.7 Å². The van der Waals surface area contributed by atoms with Gasteiger partial charge in [-0.1, -0.05) is 17.7 Å². The van der Waals surface area contributed by atoms with Gasteiger partial charge >= 0.3 is 0 Å². The van der Waals surface area contributed by atoms with Crippen molar-refractivity contribution in [1.82, 2.24) is 9.97 Å². The Kier molecular flexibility index (Phi) is 4.44. The van der Waals surface area contributed by atoms with Gasteiger partial charge in [-0.25, -0.2) is 9.97 Å². The summed E-state index contributed by atoms with van der Waals surface area (Å²) in [7, 11) is 1.60. The highest BCUT2D eigenvalue weighted by Gasteiger charge is 2.10. The van der Waals surface area contributed by atoms with Crippen LogP contribution in [0.3, 0.4) is 0 Å². The van der Waals surface area contributed by atoms with Crippen LogP contribution in [0.25, 0.3) is 0 Å². The van der Waals surface area contributed by atoms with Crippen molar-refractivity contribution in [1.29, 1.82) is 0 Å². The van der Waals surface area contributed by atoms with Crippen LogP contribution in [0.15, 0.2) is 29.0 Å². The molecule has 5 nitrogen and oxygen atoms in total. The van der Waals surface area contributed by atoms with Crippen LogP contribution >= 0.6 is 27.5 Å². The van der Waals surface area contributed by atoms with Crippen molar-refractivity contribution in [3.63, 3.8) is 0 Å². The molecule has 0 unspecified atom stereocenters. The summed E-state index contributed by atoms with van der Waals surface area (Å²) in [6.07, 6.45) is 1.40. The van der Waals surface area contributed by atoms with Gasteiger partial charge in [-0.15, -0.1) is 0 Å². The molecular formula is C12H12BrClN4O. The predicted octanol–water partition coefficient (Wildman–Crippen LogP) is 3.10. The maximum absolute atomic E-state index is 6.16. The van der Waals surface area contributed by atoms with Crippen LogP contribution in [0.4, 0.5) is 11.6 Å². The van der Waals surface area contributed by atoms with Crippen LogP contribution in [0.2, 0.25) is 5.02 Å². The van der Waals surface area contributed by atoms with Crippen molar-refractivity contribution in [2.24, 2.45) is 0 Å². The Morgan fingerprint density at radius 2 is 2.21 bits per heavy atom.